The summed E-state index contributed by atoms with van der Waals surface area (Å²) in [5, 5.41) is 0. The van der Waals surface area contributed by atoms with E-state index in [1.807, 2.05) is 18.2 Å². The van der Waals surface area contributed by atoms with Crippen molar-refractivity contribution in [2.45, 2.75) is 13.3 Å². The van der Waals surface area contributed by atoms with Gasteiger partial charge in [0.05, 0.1) is 12.8 Å². The summed E-state index contributed by atoms with van der Waals surface area (Å²) in [6, 6.07) is 11.4. The summed E-state index contributed by atoms with van der Waals surface area (Å²) in [4.78, 5) is 14.4. The average Bonchev–Trinajstić information content (AvgIpc) is 2.59. The van der Waals surface area contributed by atoms with Gasteiger partial charge in [-0.2, -0.15) is 0 Å². The number of ether oxygens (including phenoxy) is 2. The lowest BCUT2D eigenvalue weighted by atomic mass is 9.93. The van der Waals surface area contributed by atoms with Crippen LogP contribution in [0, 0.1) is 11.7 Å². The molecule has 0 spiro atoms. The highest BCUT2D eigenvalue weighted by atomic mass is 19.1. The normalized spacial score (nSPS) is 16.5. The summed E-state index contributed by atoms with van der Waals surface area (Å²) < 4.78 is 23.7. The van der Waals surface area contributed by atoms with Crippen LogP contribution in [0.1, 0.15) is 12.5 Å². The summed E-state index contributed by atoms with van der Waals surface area (Å²) in [5.41, 5.74) is 2.00. The van der Waals surface area contributed by atoms with E-state index in [0.717, 1.165) is 23.4 Å². The number of amides is 1. The van der Waals surface area contributed by atoms with E-state index in [4.69, 9.17) is 9.47 Å². The maximum absolute atomic E-state index is 12.9. The zero-order valence-corrected chi connectivity index (χ0v) is 13.8. The lowest BCUT2D eigenvalue weighted by Crippen LogP contribution is -2.41. The standard InChI is InChI=1S/C19H20FNO3/c1-13-9-14-3-6-17(23-2)10-18(14)21(11-13)19(22)12-24-16-7-4-15(20)5-8-16/h3-8,10,13H,9,11-12H2,1-2H3. The maximum Gasteiger partial charge on any atom is 0.264 e. The number of carbonyl (C=O) groups is 1. The van der Waals surface area contributed by atoms with Crippen LogP contribution in [0.4, 0.5) is 10.1 Å². The highest BCUT2D eigenvalue weighted by Gasteiger charge is 2.27. The summed E-state index contributed by atoms with van der Waals surface area (Å²) >= 11 is 0. The zero-order valence-electron chi connectivity index (χ0n) is 13.8. The quantitative estimate of drug-likeness (QED) is 0.862. The molecule has 0 N–H and O–H groups in total. The van der Waals surface area contributed by atoms with Crippen LogP contribution in [0.15, 0.2) is 42.5 Å². The highest BCUT2D eigenvalue weighted by Crippen LogP contribution is 2.33. The molecule has 126 valence electrons. The smallest absolute Gasteiger partial charge is 0.264 e. The van der Waals surface area contributed by atoms with E-state index < -0.39 is 0 Å². The maximum atomic E-state index is 12.9. The van der Waals surface area contributed by atoms with Gasteiger partial charge in [0.15, 0.2) is 6.61 Å². The van der Waals surface area contributed by atoms with E-state index in [9.17, 15) is 9.18 Å². The van der Waals surface area contributed by atoms with Crippen molar-refractivity contribution in [3.8, 4) is 11.5 Å². The number of methoxy groups -OCH3 is 1. The average molecular weight is 329 g/mol. The molecule has 3 rings (SSSR count). The molecule has 0 fully saturated rings. The molecule has 1 heterocycles. The molecule has 1 amide bonds. The fourth-order valence-electron chi connectivity index (χ4n) is 2.93. The Bertz CT molecular complexity index is 730. The van der Waals surface area contributed by atoms with E-state index in [1.54, 1.807) is 12.0 Å². The number of anilines is 1. The molecule has 24 heavy (non-hydrogen) atoms. The molecule has 0 radical (unpaired) electrons. The number of hydrogen-bond acceptors (Lipinski definition) is 3. The molecule has 1 aliphatic heterocycles. The summed E-state index contributed by atoms with van der Waals surface area (Å²) in [5.74, 6) is 1.11. The van der Waals surface area contributed by atoms with Crippen LogP contribution >= 0.6 is 0 Å². The van der Waals surface area contributed by atoms with Crippen molar-refractivity contribution in [1.29, 1.82) is 0 Å². The van der Waals surface area contributed by atoms with Gasteiger partial charge < -0.3 is 14.4 Å². The van der Waals surface area contributed by atoms with Crippen LogP contribution < -0.4 is 14.4 Å². The lowest BCUT2D eigenvalue weighted by Gasteiger charge is -2.33. The first kappa shape index (κ1) is 16.3. The van der Waals surface area contributed by atoms with Gasteiger partial charge in [0, 0.05) is 12.6 Å². The van der Waals surface area contributed by atoms with Crippen molar-refractivity contribution in [2.24, 2.45) is 5.92 Å². The summed E-state index contributed by atoms with van der Waals surface area (Å²) in [6.07, 6.45) is 0.932. The van der Waals surface area contributed by atoms with Gasteiger partial charge in [0.1, 0.15) is 17.3 Å². The first-order chi connectivity index (χ1) is 11.6. The van der Waals surface area contributed by atoms with Gasteiger partial charge in [-0.15, -0.1) is 0 Å². The second kappa shape index (κ2) is 6.91. The van der Waals surface area contributed by atoms with Gasteiger partial charge in [0.2, 0.25) is 0 Å². The van der Waals surface area contributed by atoms with Crippen molar-refractivity contribution >= 4 is 11.6 Å². The molecule has 0 aliphatic carbocycles. The summed E-state index contributed by atoms with van der Waals surface area (Å²) in [7, 11) is 1.61. The first-order valence-corrected chi connectivity index (χ1v) is 7.92. The number of fused-ring (bicyclic) bond motifs is 1. The molecule has 2 aromatic rings. The highest BCUT2D eigenvalue weighted by molar-refractivity contribution is 5.96. The largest absolute Gasteiger partial charge is 0.497 e. The van der Waals surface area contributed by atoms with E-state index in [1.165, 1.54) is 24.3 Å². The van der Waals surface area contributed by atoms with Gasteiger partial charge >= 0.3 is 0 Å². The van der Waals surface area contributed by atoms with Crippen molar-refractivity contribution in [1.82, 2.24) is 0 Å². The van der Waals surface area contributed by atoms with E-state index >= 15 is 0 Å². The van der Waals surface area contributed by atoms with Crippen LogP contribution in [0.2, 0.25) is 0 Å². The number of benzene rings is 2. The summed E-state index contributed by atoms with van der Waals surface area (Å²) in [6.45, 7) is 2.68. The third-order valence-corrected chi connectivity index (χ3v) is 4.12. The molecule has 0 saturated heterocycles. The Balaban J connectivity index is 1.76. The second-order valence-corrected chi connectivity index (χ2v) is 6.05. The van der Waals surface area contributed by atoms with Crippen LogP contribution in [0.3, 0.4) is 0 Å². The topological polar surface area (TPSA) is 38.8 Å². The Morgan fingerprint density at radius 1 is 1.21 bits per heavy atom. The number of halogens is 1. The fraction of sp³-hybridized carbons (Fsp3) is 0.316. The van der Waals surface area contributed by atoms with Gasteiger partial charge in [0.25, 0.3) is 5.91 Å². The van der Waals surface area contributed by atoms with E-state index in [0.29, 0.717) is 18.2 Å². The molecule has 1 atom stereocenters. The van der Waals surface area contributed by atoms with Crippen LogP contribution in [-0.2, 0) is 11.2 Å². The molecule has 1 unspecified atom stereocenters. The predicted molar refractivity (Wildman–Crippen MR) is 90.1 cm³/mol. The molecule has 0 bridgehead atoms. The van der Waals surface area contributed by atoms with Gasteiger partial charge in [-0.25, -0.2) is 4.39 Å². The molecular formula is C19H20FNO3. The number of carbonyl (C=O) groups excluding carboxylic acids is 1. The van der Waals surface area contributed by atoms with E-state index in [2.05, 4.69) is 6.92 Å². The third kappa shape index (κ3) is 3.50. The molecular weight excluding hydrogens is 309 g/mol. The Morgan fingerprint density at radius 3 is 2.62 bits per heavy atom. The molecule has 1 aliphatic rings. The zero-order chi connectivity index (χ0) is 17.1. The minimum Gasteiger partial charge on any atom is -0.497 e. The Morgan fingerprint density at radius 2 is 1.92 bits per heavy atom. The Kier molecular flexibility index (Phi) is 4.69. The SMILES string of the molecule is COc1ccc2c(c1)N(C(=O)COc1ccc(F)cc1)CC(C)C2. The molecule has 5 heteroatoms. The van der Waals surface area contributed by atoms with Crippen LogP contribution in [-0.4, -0.2) is 26.2 Å². The van der Waals surface area contributed by atoms with Crippen LogP contribution in [0.25, 0.3) is 0 Å². The van der Waals surface area contributed by atoms with Crippen LogP contribution in [0.5, 0.6) is 11.5 Å². The first-order valence-electron chi connectivity index (χ1n) is 7.92. The van der Waals surface area contributed by atoms with Gasteiger partial charge in [-0.1, -0.05) is 13.0 Å². The van der Waals surface area contributed by atoms with Gasteiger partial charge in [-0.05, 0) is 48.2 Å². The lowest BCUT2D eigenvalue weighted by molar-refractivity contribution is -0.120. The Hall–Kier alpha value is -2.56. The minimum atomic E-state index is -0.334. The fourth-order valence-corrected chi connectivity index (χ4v) is 2.93. The number of nitrogens with zero attached hydrogens (tertiary/aromatic N) is 1. The second-order valence-electron chi connectivity index (χ2n) is 6.05. The molecule has 0 saturated carbocycles. The number of rotatable bonds is 4. The van der Waals surface area contributed by atoms with Crippen molar-refractivity contribution in [3.05, 3.63) is 53.8 Å². The predicted octanol–water partition coefficient (Wildman–Crippen LogP) is 3.44. The Labute approximate surface area is 140 Å². The van der Waals surface area contributed by atoms with Gasteiger partial charge in [-0.3, -0.25) is 4.79 Å². The number of hydrogen-bond donors (Lipinski definition) is 0. The van der Waals surface area contributed by atoms with E-state index in [-0.39, 0.29) is 18.3 Å². The van der Waals surface area contributed by atoms with Crippen molar-refractivity contribution < 1.29 is 18.7 Å². The van der Waals surface area contributed by atoms with Crippen molar-refractivity contribution in [3.63, 3.8) is 0 Å². The monoisotopic (exact) mass is 329 g/mol. The third-order valence-electron chi connectivity index (χ3n) is 4.12. The van der Waals surface area contributed by atoms with Crippen molar-refractivity contribution in [2.75, 3.05) is 25.2 Å². The molecule has 2 aromatic carbocycles. The molecule has 4 nitrogen and oxygen atoms in total. The minimum absolute atomic E-state index is 0.0883. The molecule has 0 aromatic heterocycles.